The quantitative estimate of drug-likeness (QED) is 0.498. The molecule has 0 heterocycles. The average molecular weight is 254 g/mol. The number of rotatable bonds is 8. The lowest BCUT2D eigenvalue weighted by Gasteiger charge is -2.04. The van der Waals surface area contributed by atoms with Crippen LogP contribution in [0, 0.1) is 0 Å². The summed E-state index contributed by atoms with van der Waals surface area (Å²) in [6, 6.07) is 0. The van der Waals surface area contributed by atoms with Crippen molar-refractivity contribution in [3.8, 4) is 0 Å². The molecule has 1 heteroatoms. The molecule has 0 spiro atoms. The third-order valence-electron chi connectivity index (χ3n) is 2.26. The molecule has 0 bridgehead atoms. The van der Waals surface area contributed by atoms with Crippen LogP contribution >= 0.6 is 0 Å². The zero-order chi connectivity index (χ0) is 14.8. The van der Waals surface area contributed by atoms with E-state index in [2.05, 4.69) is 39.5 Å². The molecule has 0 aliphatic heterocycles. The smallest absolute Gasteiger partial charge is 0.131 e. The normalized spacial score (nSPS) is 11.5. The maximum absolute atomic E-state index is 13.9. The number of hydrogen-bond acceptors (Lipinski definition) is 0. The Hall–Kier alpha value is -2.41. The Kier molecular flexibility index (Phi) is 7.55. The summed E-state index contributed by atoms with van der Waals surface area (Å²) < 4.78 is 13.9. The molecular formula is C18H19F. The summed E-state index contributed by atoms with van der Waals surface area (Å²) in [4.78, 5) is 0. The van der Waals surface area contributed by atoms with Crippen LogP contribution in [0.2, 0.25) is 0 Å². The van der Waals surface area contributed by atoms with Gasteiger partial charge in [-0.25, -0.2) is 4.39 Å². The SMILES string of the molecule is C=C/C=C\C(=C)C(=C)/C=C(/F)C(=C)C(=C)/C=C\C=C. The molecule has 0 nitrogen and oxygen atoms in total. The van der Waals surface area contributed by atoms with Crippen LogP contribution in [0.1, 0.15) is 0 Å². The van der Waals surface area contributed by atoms with Crippen molar-refractivity contribution in [2.24, 2.45) is 0 Å². The van der Waals surface area contributed by atoms with E-state index in [9.17, 15) is 4.39 Å². The highest BCUT2D eigenvalue weighted by molar-refractivity contribution is 5.52. The molecule has 0 saturated carbocycles. The van der Waals surface area contributed by atoms with Gasteiger partial charge in [-0.2, -0.15) is 0 Å². The predicted octanol–water partition coefficient (Wildman–Crippen LogP) is 5.55. The maximum Gasteiger partial charge on any atom is 0.131 e. The van der Waals surface area contributed by atoms with Gasteiger partial charge >= 0.3 is 0 Å². The van der Waals surface area contributed by atoms with E-state index in [0.717, 1.165) is 0 Å². The molecule has 0 aromatic rings. The van der Waals surface area contributed by atoms with E-state index in [1.165, 1.54) is 6.08 Å². The molecular weight excluding hydrogens is 235 g/mol. The maximum atomic E-state index is 13.9. The molecule has 0 aromatic carbocycles. The lowest BCUT2D eigenvalue weighted by atomic mass is 10.0. The van der Waals surface area contributed by atoms with Crippen LogP contribution in [0.5, 0.6) is 0 Å². The molecule has 0 N–H and O–H groups in total. The summed E-state index contributed by atoms with van der Waals surface area (Å²) in [5, 5.41) is 0. The highest BCUT2D eigenvalue weighted by atomic mass is 19.1. The first-order chi connectivity index (χ1) is 8.93. The van der Waals surface area contributed by atoms with Crippen LogP contribution in [0.25, 0.3) is 0 Å². The van der Waals surface area contributed by atoms with E-state index >= 15 is 0 Å². The van der Waals surface area contributed by atoms with Gasteiger partial charge in [-0.05, 0) is 22.8 Å². The van der Waals surface area contributed by atoms with Gasteiger partial charge in [0.15, 0.2) is 0 Å². The zero-order valence-corrected chi connectivity index (χ0v) is 11.2. The van der Waals surface area contributed by atoms with E-state index in [1.54, 1.807) is 36.5 Å². The first-order valence-electron chi connectivity index (χ1n) is 5.66. The highest BCUT2D eigenvalue weighted by Crippen LogP contribution is 2.21. The summed E-state index contributed by atoms with van der Waals surface area (Å²) in [5.74, 6) is -0.489. The highest BCUT2D eigenvalue weighted by Gasteiger charge is 2.05. The molecule has 0 saturated heterocycles. The largest absolute Gasteiger partial charge is 0.206 e. The Morgan fingerprint density at radius 2 is 1.21 bits per heavy atom. The van der Waals surface area contributed by atoms with Crippen LogP contribution < -0.4 is 0 Å². The molecule has 0 amide bonds. The van der Waals surface area contributed by atoms with Crippen LogP contribution in [0.3, 0.4) is 0 Å². The second-order valence-corrected chi connectivity index (χ2v) is 3.74. The van der Waals surface area contributed by atoms with Gasteiger partial charge in [0.1, 0.15) is 5.83 Å². The minimum Gasteiger partial charge on any atom is -0.206 e. The van der Waals surface area contributed by atoms with Crippen LogP contribution in [-0.2, 0) is 0 Å². The zero-order valence-electron chi connectivity index (χ0n) is 11.2. The second-order valence-electron chi connectivity index (χ2n) is 3.74. The van der Waals surface area contributed by atoms with Crippen LogP contribution in [-0.4, -0.2) is 0 Å². The lowest BCUT2D eigenvalue weighted by Crippen LogP contribution is -1.87. The van der Waals surface area contributed by atoms with E-state index in [1.807, 2.05) is 0 Å². The Morgan fingerprint density at radius 1 is 0.737 bits per heavy atom. The molecule has 0 aromatic heterocycles. The summed E-state index contributed by atoms with van der Waals surface area (Å²) in [5.41, 5.74) is 1.76. The minimum absolute atomic E-state index is 0.208. The Bertz CT molecular complexity index is 508. The molecule has 0 aliphatic rings. The van der Waals surface area contributed by atoms with Crippen molar-refractivity contribution in [1.82, 2.24) is 0 Å². The van der Waals surface area contributed by atoms with Gasteiger partial charge in [-0.1, -0.05) is 75.9 Å². The first-order valence-corrected chi connectivity index (χ1v) is 5.66. The first kappa shape index (κ1) is 16.6. The number of allylic oxidation sites excluding steroid dienone is 12. The van der Waals surface area contributed by atoms with Gasteiger partial charge in [-0.3, -0.25) is 0 Å². The summed E-state index contributed by atoms with van der Waals surface area (Å²) >= 11 is 0. The van der Waals surface area contributed by atoms with Crippen molar-refractivity contribution in [2.45, 2.75) is 0 Å². The van der Waals surface area contributed by atoms with Crippen LogP contribution in [0.4, 0.5) is 4.39 Å². The Labute approximate surface area is 115 Å². The van der Waals surface area contributed by atoms with Gasteiger partial charge in [0.25, 0.3) is 0 Å². The summed E-state index contributed by atoms with van der Waals surface area (Å²) in [6.07, 6.45) is 11.2. The fourth-order valence-electron chi connectivity index (χ4n) is 1.06. The van der Waals surface area contributed by atoms with Crippen molar-refractivity contribution in [2.75, 3.05) is 0 Å². The molecule has 19 heavy (non-hydrogen) atoms. The van der Waals surface area contributed by atoms with E-state index in [-0.39, 0.29) is 5.57 Å². The van der Waals surface area contributed by atoms with Gasteiger partial charge in [0.05, 0.1) is 0 Å². The van der Waals surface area contributed by atoms with E-state index < -0.39 is 5.83 Å². The van der Waals surface area contributed by atoms with Crippen molar-refractivity contribution < 1.29 is 4.39 Å². The molecule has 0 fully saturated rings. The van der Waals surface area contributed by atoms with Crippen molar-refractivity contribution in [3.05, 3.63) is 110 Å². The van der Waals surface area contributed by atoms with Crippen molar-refractivity contribution in [1.29, 1.82) is 0 Å². The predicted molar refractivity (Wildman–Crippen MR) is 84.4 cm³/mol. The minimum atomic E-state index is -0.489. The fraction of sp³-hybridized carbons (Fsp3) is 0. The van der Waals surface area contributed by atoms with Crippen LogP contribution in [0.15, 0.2) is 110 Å². The molecule has 0 unspecified atom stereocenters. The van der Waals surface area contributed by atoms with Crippen molar-refractivity contribution in [3.63, 3.8) is 0 Å². The van der Waals surface area contributed by atoms with Gasteiger partial charge in [0.2, 0.25) is 0 Å². The second kappa shape index (κ2) is 8.65. The lowest BCUT2D eigenvalue weighted by molar-refractivity contribution is 0.655. The fourth-order valence-corrected chi connectivity index (χ4v) is 1.06. The molecule has 98 valence electrons. The third-order valence-corrected chi connectivity index (χ3v) is 2.26. The molecule has 0 atom stereocenters. The Morgan fingerprint density at radius 3 is 1.68 bits per heavy atom. The van der Waals surface area contributed by atoms with Gasteiger partial charge in [0, 0.05) is 5.57 Å². The number of hydrogen-bond donors (Lipinski definition) is 0. The Balaban J connectivity index is 4.90. The third kappa shape index (κ3) is 6.18. The van der Waals surface area contributed by atoms with Gasteiger partial charge in [-0.15, -0.1) is 0 Å². The summed E-state index contributed by atoms with van der Waals surface area (Å²) in [7, 11) is 0. The monoisotopic (exact) mass is 254 g/mol. The molecule has 0 radical (unpaired) electrons. The number of halogens is 1. The average Bonchev–Trinajstić information content (AvgIpc) is 2.40. The topological polar surface area (TPSA) is 0 Å². The van der Waals surface area contributed by atoms with Gasteiger partial charge < -0.3 is 0 Å². The van der Waals surface area contributed by atoms with Crippen molar-refractivity contribution >= 4 is 0 Å². The van der Waals surface area contributed by atoms with E-state index in [0.29, 0.717) is 16.7 Å². The summed E-state index contributed by atoms with van der Waals surface area (Å²) in [6.45, 7) is 22.0. The molecule has 0 aliphatic carbocycles. The standard InChI is InChI=1S/C18H19F/c1-7-9-11-14(3)16(5)13-18(19)17(6)15(4)12-10-8-2/h7-13H,1-6H2/b11-9-,12-10-,18-13+. The van der Waals surface area contributed by atoms with E-state index in [4.69, 9.17) is 0 Å². The molecule has 0 rings (SSSR count).